The van der Waals surface area contributed by atoms with Crippen molar-refractivity contribution in [1.29, 1.82) is 0 Å². The number of rotatable bonds is 3. The van der Waals surface area contributed by atoms with Crippen molar-refractivity contribution in [2.75, 3.05) is 0 Å². The fraction of sp³-hybridized carbons (Fsp3) is 0.167. The molecule has 2 heterocycles. The average molecular weight is 290 g/mol. The normalized spacial score (nSPS) is 10.5. The third-order valence-corrected chi connectivity index (χ3v) is 2.68. The van der Waals surface area contributed by atoms with Gasteiger partial charge in [0.15, 0.2) is 0 Å². The van der Waals surface area contributed by atoms with E-state index < -0.39 is 4.92 Å². The SMILES string of the molecule is O=[N+]([O-])c1nn(Cc2cnsn2)cc1Br. The Morgan fingerprint density at radius 2 is 2.47 bits per heavy atom. The van der Waals surface area contributed by atoms with Crippen molar-refractivity contribution in [1.82, 2.24) is 18.5 Å². The summed E-state index contributed by atoms with van der Waals surface area (Å²) >= 11 is 4.15. The van der Waals surface area contributed by atoms with Crippen molar-refractivity contribution in [3.63, 3.8) is 0 Å². The first-order valence-electron chi connectivity index (χ1n) is 3.80. The largest absolute Gasteiger partial charge is 0.404 e. The molecule has 0 fully saturated rings. The summed E-state index contributed by atoms with van der Waals surface area (Å²) in [6.07, 6.45) is 3.14. The van der Waals surface area contributed by atoms with Crippen LogP contribution in [-0.2, 0) is 6.54 Å². The van der Waals surface area contributed by atoms with Crippen LogP contribution in [0, 0.1) is 10.1 Å². The van der Waals surface area contributed by atoms with Gasteiger partial charge in [-0.2, -0.15) is 13.4 Å². The summed E-state index contributed by atoms with van der Waals surface area (Å²) in [5.41, 5.74) is 0.727. The highest BCUT2D eigenvalue weighted by atomic mass is 79.9. The predicted molar refractivity (Wildman–Crippen MR) is 55.6 cm³/mol. The summed E-state index contributed by atoms with van der Waals surface area (Å²) in [5.74, 6) is -0.196. The molecule has 0 N–H and O–H groups in total. The molecule has 2 aromatic heterocycles. The van der Waals surface area contributed by atoms with E-state index in [2.05, 4.69) is 29.8 Å². The lowest BCUT2D eigenvalue weighted by Gasteiger charge is -1.89. The molecule has 2 aromatic rings. The molecule has 78 valence electrons. The molecule has 0 saturated heterocycles. The molecule has 0 aliphatic rings. The fourth-order valence-electron chi connectivity index (χ4n) is 1.01. The fourth-order valence-corrected chi connectivity index (χ4v) is 1.90. The van der Waals surface area contributed by atoms with Crippen LogP contribution in [-0.4, -0.2) is 23.5 Å². The van der Waals surface area contributed by atoms with E-state index >= 15 is 0 Å². The van der Waals surface area contributed by atoms with Crippen LogP contribution in [0.3, 0.4) is 0 Å². The lowest BCUT2D eigenvalue weighted by atomic mass is 10.5. The number of hydrogen-bond acceptors (Lipinski definition) is 6. The van der Waals surface area contributed by atoms with E-state index in [1.54, 1.807) is 6.20 Å². The number of hydrogen-bond donors (Lipinski definition) is 0. The summed E-state index contributed by atoms with van der Waals surface area (Å²) in [5, 5.41) is 14.3. The van der Waals surface area contributed by atoms with Crippen molar-refractivity contribution >= 4 is 33.5 Å². The van der Waals surface area contributed by atoms with E-state index in [1.807, 2.05) is 0 Å². The monoisotopic (exact) mass is 289 g/mol. The van der Waals surface area contributed by atoms with Gasteiger partial charge in [0.05, 0.1) is 34.9 Å². The van der Waals surface area contributed by atoms with Crippen molar-refractivity contribution in [2.45, 2.75) is 6.54 Å². The second kappa shape index (κ2) is 4.03. The maximum Gasteiger partial charge on any atom is 0.404 e. The van der Waals surface area contributed by atoms with E-state index in [9.17, 15) is 10.1 Å². The van der Waals surface area contributed by atoms with E-state index in [4.69, 9.17) is 0 Å². The summed E-state index contributed by atoms with van der Waals surface area (Å²) in [7, 11) is 0. The highest BCUT2D eigenvalue weighted by Gasteiger charge is 2.18. The zero-order chi connectivity index (χ0) is 10.8. The molecule has 0 amide bonds. The van der Waals surface area contributed by atoms with Crippen LogP contribution >= 0.6 is 27.7 Å². The number of halogens is 1. The van der Waals surface area contributed by atoms with Crippen LogP contribution in [0.4, 0.5) is 5.82 Å². The Bertz CT molecular complexity index is 482. The van der Waals surface area contributed by atoms with Gasteiger partial charge in [0, 0.05) is 0 Å². The highest BCUT2D eigenvalue weighted by Crippen LogP contribution is 2.22. The molecule has 0 aromatic carbocycles. The standard InChI is InChI=1S/C6H4BrN5O2S/c7-5-3-11(9-6(5)12(13)14)2-4-1-8-15-10-4/h1,3H,2H2. The van der Waals surface area contributed by atoms with Gasteiger partial charge in [-0.05, 0) is 20.9 Å². The molecule has 15 heavy (non-hydrogen) atoms. The van der Waals surface area contributed by atoms with Gasteiger partial charge in [-0.25, -0.2) is 0 Å². The third-order valence-electron chi connectivity index (χ3n) is 1.60. The molecule has 0 saturated carbocycles. The van der Waals surface area contributed by atoms with Crippen LogP contribution < -0.4 is 0 Å². The number of nitro groups is 1. The van der Waals surface area contributed by atoms with Gasteiger partial charge in [0.25, 0.3) is 0 Å². The summed E-state index contributed by atoms with van der Waals surface area (Å²) < 4.78 is 9.61. The van der Waals surface area contributed by atoms with Crippen molar-refractivity contribution < 1.29 is 4.92 Å². The molecule has 0 aliphatic carbocycles. The zero-order valence-electron chi connectivity index (χ0n) is 7.20. The van der Waals surface area contributed by atoms with Gasteiger partial charge in [-0.1, -0.05) is 0 Å². The lowest BCUT2D eigenvalue weighted by Crippen LogP contribution is -2.01. The Hall–Kier alpha value is -1.35. The molecular formula is C6H4BrN5O2S. The van der Waals surface area contributed by atoms with Crippen LogP contribution in [0.25, 0.3) is 0 Å². The van der Waals surface area contributed by atoms with Crippen LogP contribution in [0.2, 0.25) is 0 Å². The first kappa shape index (κ1) is 10.2. The Kier molecular flexibility index (Phi) is 2.73. The average Bonchev–Trinajstić information content (AvgIpc) is 2.75. The van der Waals surface area contributed by atoms with Gasteiger partial charge in [-0.3, -0.25) is 0 Å². The highest BCUT2D eigenvalue weighted by molar-refractivity contribution is 9.10. The van der Waals surface area contributed by atoms with Crippen molar-refractivity contribution in [3.8, 4) is 0 Å². The molecule has 0 radical (unpaired) electrons. The lowest BCUT2D eigenvalue weighted by molar-refractivity contribution is -0.390. The minimum atomic E-state index is -0.542. The van der Waals surface area contributed by atoms with Crippen molar-refractivity contribution in [3.05, 3.63) is 32.7 Å². The number of nitrogens with zero attached hydrogens (tertiary/aromatic N) is 5. The third kappa shape index (κ3) is 2.18. The molecule has 0 bridgehead atoms. The number of aromatic nitrogens is 4. The van der Waals surface area contributed by atoms with Crippen LogP contribution in [0.1, 0.15) is 5.69 Å². The molecule has 2 rings (SSSR count). The maximum atomic E-state index is 10.5. The molecule has 0 spiro atoms. The Morgan fingerprint density at radius 3 is 3.00 bits per heavy atom. The zero-order valence-corrected chi connectivity index (χ0v) is 9.60. The predicted octanol–water partition coefficient (Wildman–Crippen LogP) is 1.45. The Labute approximate surface area is 96.3 Å². The van der Waals surface area contributed by atoms with Gasteiger partial charge in [0.1, 0.15) is 11.0 Å². The smallest absolute Gasteiger partial charge is 0.358 e. The molecule has 0 aliphatic heterocycles. The van der Waals surface area contributed by atoms with Crippen LogP contribution in [0.15, 0.2) is 16.9 Å². The van der Waals surface area contributed by atoms with Gasteiger partial charge < -0.3 is 10.1 Å². The molecule has 0 atom stereocenters. The summed E-state index contributed by atoms with van der Waals surface area (Å²) in [4.78, 5) is 9.97. The molecular weight excluding hydrogens is 286 g/mol. The van der Waals surface area contributed by atoms with E-state index in [0.717, 1.165) is 17.4 Å². The quantitative estimate of drug-likeness (QED) is 0.630. The van der Waals surface area contributed by atoms with Gasteiger partial charge >= 0.3 is 5.82 Å². The Balaban J connectivity index is 2.23. The summed E-state index contributed by atoms with van der Waals surface area (Å²) in [6.45, 7) is 0.378. The molecule has 0 unspecified atom stereocenters. The first-order chi connectivity index (χ1) is 7.16. The van der Waals surface area contributed by atoms with Gasteiger partial charge in [0.2, 0.25) is 0 Å². The van der Waals surface area contributed by atoms with E-state index in [0.29, 0.717) is 11.0 Å². The maximum absolute atomic E-state index is 10.5. The van der Waals surface area contributed by atoms with Crippen LogP contribution in [0.5, 0.6) is 0 Å². The topological polar surface area (TPSA) is 86.7 Å². The summed E-state index contributed by atoms with van der Waals surface area (Å²) in [6, 6.07) is 0. The van der Waals surface area contributed by atoms with E-state index in [-0.39, 0.29) is 5.82 Å². The minimum absolute atomic E-state index is 0.196. The first-order valence-corrected chi connectivity index (χ1v) is 5.33. The minimum Gasteiger partial charge on any atom is -0.358 e. The molecule has 7 nitrogen and oxygen atoms in total. The second-order valence-electron chi connectivity index (χ2n) is 2.65. The van der Waals surface area contributed by atoms with Gasteiger partial charge in [-0.15, -0.1) is 0 Å². The molecule has 9 heteroatoms. The second-order valence-corrected chi connectivity index (χ2v) is 4.07. The Morgan fingerprint density at radius 1 is 1.67 bits per heavy atom. The van der Waals surface area contributed by atoms with Crippen molar-refractivity contribution in [2.24, 2.45) is 0 Å². The van der Waals surface area contributed by atoms with E-state index in [1.165, 1.54) is 10.9 Å².